The zero-order chi connectivity index (χ0) is 43.4. The zero-order valence-corrected chi connectivity index (χ0v) is 35.9. The molecule has 61 heavy (non-hydrogen) atoms. The molecule has 3 aliphatic rings. The van der Waals surface area contributed by atoms with Gasteiger partial charge >= 0.3 is 0 Å². The van der Waals surface area contributed by atoms with Crippen LogP contribution in [0.5, 0.6) is 11.5 Å². The van der Waals surface area contributed by atoms with Gasteiger partial charge in [0.25, 0.3) is 11.8 Å². The molecule has 1 aromatic heterocycles. The van der Waals surface area contributed by atoms with Gasteiger partial charge in [0, 0.05) is 44.4 Å². The number of halogens is 1. The zero-order valence-electron chi connectivity index (χ0n) is 34.3. The number of nitrogens with zero attached hydrogens (tertiary/aromatic N) is 6. The molecular formula is C42H48ClN9O8S. The summed E-state index contributed by atoms with van der Waals surface area (Å²) in [4.78, 5) is 65.1. The molecule has 3 N–H and O–H groups in total. The van der Waals surface area contributed by atoms with Crippen LogP contribution in [-0.2, 0) is 19.6 Å². The third kappa shape index (κ3) is 9.50. The standard InChI is InChI=1S/C42H48ClN9O8S/c1-49(20-7-8-23-60-34-13-9-10-28-37(34)41(56)52(40(28)55)33-16-17-36(53)47-39(33)54)26-18-21-51(22-19-26)27-14-15-31(35(24-27)59-3)46-42-44-25-29(43)38(48-42)45-30-11-5-6-12-32(30)50(2)61(4,57)58/h5-6,9-15,24-26,33H,7-8,16-23H2,1-4H3,(H,47,53,54)(H2,44,45,46,48). The van der Waals surface area contributed by atoms with Gasteiger partial charge in [0.1, 0.15) is 22.6 Å². The Labute approximate surface area is 359 Å². The van der Waals surface area contributed by atoms with Crippen molar-refractivity contribution < 1.29 is 37.1 Å². The van der Waals surface area contributed by atoms with Crippen molar-refractivity contribution in [2.24, 2.45) is 0 Å². The number of rotatable bonds is 16. The lowest BCUT2D eigenvalue weighted by atomic mass is 10.0. The second kappa shape index (κ2) is 18.3. The van der Waals surface area contributed by atoms with Crippen LogP contribution in [0.4, 0.5) is 34.5 Å². The molecule has 1 unspecified atom stereocenters. The Kier molecular flexibility index (Phi) is 13.0. The van der Waals surface area contributed by atoms with E-state index in [1.54, 1.807) is 49.6 Å². The largest absolute Gasteiger partial charge is 0.494 e. The van der Waals surface area contributed by atoms with Crippen molar-refractivity contribution in [3.8, 4) is 11.5 Å². The number of aromatic nitrogens is 2. The maximum absolute atomic E-state index is 13.4. The molecule has 4 amide bonds. The van der Waals surface area contributed by atoms with Gasteiger partial charge in [-0.1, -0.05) is 29.8 Å². The Morgan fingerprint density at radius 1 is 0.918 bits per heavy atom. The van der Waals surface area contributed by atoms with Crippen molar-refractivity contribution in [2.75, 3.05) is 73.5 Å². The highest BCUT2D eigenvalue weighted by molar-refractivity contribution is 7.92. The molecule has 0 radical (unpaired) electrons. The summed E-state index contributed by atoms with van der Waals surface area (Å²) >= 11 is 6.46. The molecule has 7 rings (SSSR count). The van der Waals surface area contributed by atoms with Crippen LogP contribution in [0, 0.1) is 0 Å². The molecular weight excluding hydrogens is 826 g/mol. The molecule has 0 aliphatic carbocycles. The van der Waals surface area contributed by atoms with Gasteiger partial charge < -0.3 is 29.9 Å². The fraction of sp³-hybridized carbons (Fsp3) is 0.381. The molecule has 0 bridgehead atoms. The number of piperidine rings is 2. The number of hydrogen-bond donors (Lipinski definition) is 3. The lowest BCUT2D eigenvalue weighted by Gasteiger charge is -2.38. The first-order valence-electron chi connectivity index (χ1n) is 19.9. The summed E-state index contributed by atoms with van der Waals surface area (Å²) in [7, 11) is 1.70. The van der Waals surface area contributed by atoms with Gasteiger partial charge in [-0.3, -0.25) is 33.7 Å². The van der Waals surface area contributed by atoms with E-state index in [1.807, 2.05) is 18.2 Å². The van der Waals surface area contributed by atoms with Crippen LogP contribution in [-0.4, -0.2) is 118 Å². The highest BCUT2D eigenvalue weighted by Gasteiger charge is 2.46. The number of methoxy groups -OCH3 is 1. The molecule has 3 aliphatic heterocycles. The predicted octanol–water partition coefficient (Wildman–Crippen LogP) is 5.18. The number of unbranched alkanes of at least 4 members (excludes halogenated alkanes) is 1. The number of nitrogens with one attached hydrogen (secondary N) is 3. The Morgan fingerprint density at radius 2 is 1.69 bits per heavy atom. The Morgan fingerprint density at radius 3 is 2.43 bits per heavy atom. The summed E-state index contributed by atoms with van der Waals surface area (Å²) < 4.78 is 37.5. The number of ether oxygens (including phenoxy) is 2. The number of para-hydroxylation sites is 2. The van der Waals surface area contributed by atoms with E-state index in [2.05, 4.69) is 42.8 Å². The van der Waals surface area contributed by atoms with E-state index in [-0.39, 0.29) is 34.9 Å². The van der Waals surface area contributed by atoms with Crippen molar-refractivity contribution >= 4 is 79.8 Å². The normalized spacial score (nSPS) is 17.0. The van der Waals surface area contributed by atoms with Crippen molar-refractivity contribution in [2.45, 2.75) is 50.6 Å². The van der Waals surface area contributed by atoms with Crippen molar-refractivity contribution in [1.29, 1.82) is 0 Å². The van der Waals surface area contributed by atoms with Crippen LogP contribution in [0.1, 0.15) is 59.2 Å². The molecule has 3 aromatic carbocycles. The number of amides is 4. The van der Waals surface area contributed by atoms with Gasteiger partial charge in [-0.2, -0.15) is 4.98 Å². The molecule has 4 heterocycles. The van der Waals surface area contributed by atoms with Gasteiger partial charge in [0.05, 0.1) is 54.4 Å². The van der Waals surface area contributed by atoms with E-state index in [0.29, 0.717) is 47.0 Å². The summed E-state index contributed by atoms with van der Waals surface area (Å²) in [6.45, 7) is 2.95. The fourth-order valence-electron chi connectivity index (χ4n) is 7.77. The van der Waals surface area contributed by atoms with E-state index >= 15 is 0 Å². The second-order valence-electron chi connectivity index (χ2n) is 15.2. The number of sulfonamides is 1. The average molecular weight is 874 g/mol. The first kappa shape index (κ1) is 43.1. The van der Waals surface area contributed by atoms with Crippen molar-refractivity contribution in [3.05, 3.63) is 83.0 Å². The molecule has 0 spiro atoms. The highest BCUT2D eigenvalue weighted by Crippen LogP contribution is 2.36. The molecule has 2 saturated heterocycles. The highest BCUT2D eigenvalue weighted by atomic mass is 35.5. The van der Waals surface area contributed by atoms with Gasteiger partial charge in [-0.05, 0) is 82.1 Å². The minimum absolute atomic E-state index is 0.0578. The number of imide groups is 2. The smallest absolute Gasteiger partial charge is 0.266 e. The van der Waals surface area contributed by atoms with Gasteiger partial charge in [0.15, 0.2) is 5.82 Å². The number of fused-ring (bicyclic) bond motifs is 1. The quantitative estimate of drug-likeness (QED) is 0.0984. The van der Waals surface area contributed by atoms with E-state index in [4.69, 9.17) is 21.1 Å². The summed E-state index contributed by atoms with van der Waals surface area (Å²) in [5.74, 6) is -0.739. The Bertz CT molecular complexity index is 2450. The predicted molar refractivity (Wildman–Crippen MR) is 232 cm³/mol. The van der Waals surface area contributed by atoms with E-state index in [9.17, 15) is 27.6 Å². The Balaban J connectivity index is 0.886. The number of anilines is 6. The SMILES string of the molecule is COc1cc(N2CCC(N(C)CCCCOc3cccc4c3C(=O)N(C3CCC(=O)NC3=O)C4=O)CC2)ccc1Nc1ncc(Cl)c(Nc2ccccc2N(C)S(C)(=O)=O)n1. The molecule has 0 saturated carbocycles. The third-order valence-electron chi connectivity index (χ3n) is 11.2. The molecule has 17 nitrogen and oxygen atoms in total. The summed E-state index contributed by atoms with van der Waals surface area (Å²) in [5, 5.41) is 8.83. The van der Waals surface area contributed by atoms with Gasteiger partial charge in [-0.25, -0.2) is 13.4 Å². The van der Waals surface area contributed by atoms with Crippen LogP contribution in [0.15, 0.2) is 66.9 Å². The topological polar surface area (TPSA) is 196 Å². The number of benzene rings is 3. The minimum Gasteiger partial charge on any atom is -0.494 e. The summed E-state index contributed by atoms with van der Waals surface area (Å²) in [5.41, 5.74) is 2.96. The summed E-state index contributed by atoms with van der Waals surface area (Å²) in [6.07, 6.45) is 6.30. The number of carbonyl (C=O) groups excluding carboxylic acids is 4. The number of hydrogen-bond acceptors (Lipinski definition) is 14. The first-order chi connectivity index (χ1) is 29.2. The van der Waals surface area contributed by atoms with Crippen molar-refractivity contribution in [3.63, 3.8) is 0 Å². The lowest BCUT2D eigenvalue weighted by Crippen LogP contribution is -2.54. The fourth-order valence-corrected chi connectivity index (χ4v) is 8.43. The van der Waals surface area contributed by atoms with Crippen LogP contribution >= 0.6 is 11.6 Å². The van der Waals surface area contributed by atoms with Crippen molar-refractivity contribution in [1.82, 2.24) is 25.1 Å². The average Bonchev–Trinajstić information content (AvgIpc) is 3.50. The Hall–Kier alpha value is -5.98. The van der Waals surface area contributed by atoms with Crippen LogP contribution < -0.4 is 34.6 Å². The van der Waals surface area contributed by atoms with Gasteiger partial charge in [0.2, 0.25) is 27.8 Å². The molecule has 322 valence electrons. The van der Waals surface area contributed by atoms with Crippen LogP contribution in [0.25, 0.3) is 0 Å². The van der Waals surface area contributed by atoms with Crippen LogP contribution in [0.2, 0.25) is 5.02 Å². The first-order valence-corrected chi connectivity index (χ1v) is 22.2. The van der Waals surface area contributed by atoms with E-state index in [0.717, 1.165) is 62.2 Å². The van der Waals surface area contributed by atoms with Gasteiger partial charge in [-0.15, -0.1) is 0 Å². The molecule has 19 heteroatoms. The molecule has 2 fully saturated rings. The van der Waals surface area contributed by atoms with E-state index < -0.39 is 39.7 Å². The maximum atomic E-state index is 13.4. The van der Waals surface area contributed by atoms with Crippen LogP contribution in [0.3, 0.4) is 0 Å². The second-order valence-corrected chi connectivity index (χ2v) is 17.6. The minimum atomic E-state index is -3.51. The third-order valence-corrected chi connectivity index (χ3v) is 12.7. The molecule has 1 atom stereocenters. The number of carbonyl (C=O) groups is 4. The monoisotopic (exact) mass is 873 g/mol. The summed E-state index contributed by atoms with van der Waals surface area (Å²) in [6, 6.07) is 17.1. The van der Waals surface area contributed by atoms with E-state index in [1.165, 1.54) is 17.5 Å². The maximum Gasteiger partial charge on any atom is 0.266 e. The molecule has 4 aromatic rings. The lowest BCUT2D eigenvalue weighted by molar-refractivity contribution is -0.136.